The number of hydrogen-bond donors (Lipinski definition) is 1. The molecule has 0 spiro atoms. The number of nitrogens with zero attached hydrogens (tertiary/aromatic N) is 1. The van der Waals surface area contributed by atoms with E-state index in [1.54, 1.807) is 58.6 Å². The van der Waals surface area contributed by atoms with Gasteiger partial charge >= 0.3 is 0 Å². The summed E-state index contributed by atoms with van der Waals surface area (Å²) in [5.74, 6) is 1.88. The molecule has 0 atom stereocenters. The average molecular weight is 358 g/mol. The first kappa shape index (κ1) is 19.1. The molecule has 1 N–H and O–H groups in total. The van der Waals surface area contributed by atoms with E-state index in [1.165, 1.54) is 7.11 Å². The lowest BCUT2D eigenvalue weighted by molar-refractivity contribution is 0.0951. The Morgan fingerprint density at radius 1 is 0.808 bits per heavy atom. The Kier molecular flexibility index (Phi) is 6.43. The van der Waals surface area contributed by atoms with Gasteiger partial charge in [0.15, 0.2) is 0 Å². The monoisotopic (exact) mass is 358 g/mol. The number of carbonyl (C=O) groups excluding carboxylic acids is 1. The van der Waals surface area contributed by atoms with Crippen molar-refractivity contribution in [3.63, 3.8) is 0 Å². The average Bonchev–Trinajstić information content (AvgIpc) is 2.70. The Hall–Kier alpha value is -3.22. The number of carbonyl (C=O) groups is 1. The quantitative estimate of drug-likeness (QED) is 0.608. The number of rotatable bonds is 7. The zero-order valence-corrected chi connectivity index (χ0v) is 15.5. The van der Waals surface area contributed by atoms with E-state index in [1.807, 2.05) is 6.07 Å². The van der Waals surface area contributed by atoms with Gasteiger partial charge < -0.3 is 18.9 Å². The third-order valence-electron chi connectivity index (χ3n) is 3.78. The lowest BCUT2D eigenvalue weighted by atomic mass is 10.1. The largest absolute Gasteiger partial charge is 0.497 e. The van der Waals surface area contributed by atoms with Crippen LogP contribution in [0.4, 0.5) is 0 Å². The summed E-state index contributed by atoms with van der Waals surface area (Å²) in [5, 5.41) is 4.16. The van der Waals surface area contributed by atoms with E-state index in [9.17, 15) is 4.79 Å². The van der Waals surface area contributed by atoms with E-state index >= 15 is 0 Å². The zero-order valence-electron chi connectivity index (χ0n) is 15.5. The first-order valence-electron chi connectivity index (χ1n) is 7.83. The van der Waals surface area contributed by atoms with Crippen LogP contribution in [0.3, 0.4) is 0 Å². The van der Waals surface area contributed by atoms with Crippen LogP contribution in [0.1, 0.15) is 22.8 Å². The maximum atomic E-state index is 12.4. The number of hydrazone groups is 1. The van der Waals surface area contributed by atoms with Crippen LogP contribution in [0.25, 0.3) is 0 Å². The molecule has 0 aromatic heterocycles. The molecule has 0 aliphatic heterocycles. The number of benzene rings is 2. The predicted octanol–water partition coefficient (Wildman–Crippen LogP) is 2.88. The minimum atomic E-state index is -0.392. The SMILES string of the molecule is COc1ccc(C(=O)N/N=C(/C)c2ccc(OC)cc2OC)c(OC)c1. The standard InChI is InChI=1S/C19H22N2O5/c1-12(15-8-6-13(23-2)10-17(15)25-4)20-21-19(22)16-9-7-14(24-3)11-18(16)26-5/h6-11H,1-5H3,(H,21,22)/b20-12-. The van der Waals surface area contributed by atoms with Crippen molar-refractivity contribution in [2.45, 2.75) is 6.92 Å². The highest BCUT2D eigenvalue weighted by atomic mass is 16.5. The Labute approximate surface area is 152 Å². The maximum absolute atomic E-state index is 12.4. The van der Waals surface area contributed by atoms with E-state index in [0.29, 0.717) is 34.3 Å². The number of hydrogen-bond acceptors (Lipinski definition) is 6. The summed E-state index contributed by atoms with van der Waals surface area (Å²) < 4.78 is 20.9. The Balaban J connectivity index is 2.22. The highest BCUT2D eigenvalue weighted by Crippen LogP contribution is 2.26. The fraction of sp³-hybridized carbons (Fsp3) is 0.263. The molecule has 0 bridgehead atoms. The van der Waals surface area contributed by atoms with Crippen LogP contribution in [-0.4, -0.2) is 40.1 Å². The lowest BCUT2D eigenvalue weighted by Gasteiger charge is -2.11. The molecule has 1 amide bonds. The molecular formula is C19H22N2O5. The highest BCUT2D eigenvalue weighted by molar-refractivity contribution is 6.03. The molecule has 7 nitrogen and oxygen atoms in total. The topological polar surface area (TPSA) is 78.4 Å². The molecule has 7 heteroatoms. The zero-order chi connectivity index (χ0) is 19.1. The Morgan fingerprint density at radius 2 is 1.31 bits per heavy atom. The van der Waals surface area contributed by atoms with Crippen LogP contribution in [0.15, 0.2) is 41.5 Å². The van der Waals surface area contributed by atoms with Gasteiger partial charge in [0.2, 0.25) is 0 Å². The van der Waals surface area contributed by atoms with Crippen molar-refractivity contribution >= 4 is 11.6 Å². The van der Waals surface area contributed by atoms with Gasteiger partial charge in [-0.3, -0.25) is 4.79 Å². The number of methoxy groups -OCH3 is 4. The molecule has 2 aromatic carbocycles. The summed E-state index contributed by atoms with van der Waals surface area (Å²) in [7, 11) is 6.18. The van der Waals surface area contributed by atoms with Gasteiger partial charge in [-0.1, -0.05) is 0 Å². The van der Waals surface area contributed by atoms with Crippen LogP contribution in [-0.2, 0) is 0 Å². The van der Waals surface area contributed by atoms with Gasteiger partial charge in [0, 0.05) is 17.7 Å². The van der Waals surface area contributed by atoms with E-state index in [-0.39, 0.29) is 0 Å². The summed E-state index contributed by atoms with van der Waals surface area (Å²) in [4.78, 5) is 12.4. The molecular weight excluding hydrogens is 336 g/mol. The highest BCUT2D eigenvalue weighted by Gasteiger charge is 2.14. The molecule has 0 aliphatic carbocycles. The lowest BCUT2D eigenvalue weighted by Crippen LogP contribution is -2.20. The van der Waals surface area contributed by atoms with E-state index < -0.39 is 5.91 Å². The maximum Gasteiger partial charge on any atom is 0.275 e. The van der Waals surface area contributed by atoms with Crippen LogP contribution >= 0.6 is 0 Å². The molecule has 0 saturated heterocycles. The minimum Gasteiger partial charge on any atom is -0.497 e. The fourth-order valence-corrected chi connectivity index (χ4v) is 2.34. The van der Waals surface area contributed by atoms with Crippen LogP contribution in [0, 0.1) is 0 Å². The van der Waals surface area contributed by atoms with Crippen molar-refractivity contribution in [1.82, 2.24) is 5.43 Å². The Bertz CT molecular complexity index is 818. The van der Waals surface area contributed by atoms with Crippen molar-refractivity contribution in [1.29, 1.82) is 0 Å². The van der Waals surface area contributed by atoms with Gasteiger partial charge in [-0.05, 0) is 31.2 Å². The normalized spacial score (nSPS) is 10.9. The van der Waals surface area contributed by atoms with Gasteiger partial charge in [-0.2, -0.15) is 5.10 Å². The Morgan fingerprint density at radius 3 is 1.81 bits per heavy atom. The van der Waals surface area contributed by atoms with Crippen molar-refractivity contribution in [3.8, 4) is 23.0 Å². The van der Waals surface area contributed by atoms with Gasteiger partial charge in [0.25, 0.3) is 5.91 Å². The molecule has 0 unspecified atom stereocenters. The molecule has 0 fully saturated rings. The molecule has 0 heterocycles. The second-order valence-electron chi connectivity index (χ2n) is 5.27. The van der Waals surface area contributed by atoms with Crippen molar-refractivity contribution < 1.29 is 23.7 Å². The van der Waals surface area contributed by atoms with Crippen molar-refractivity contribution in [2.75, 3.05) is 28.4 Å². The summed E-state index contributed by atoms with van der Waals surface area (Å²) >= 11 is 0. The van der Waals surface area contributed by atoms with E-state index in [2.05, 4.69) is 10.5 Å². The third kappa shape index (κ3) is 4.24. The van der Waals surface area contributed by atoms with Gasteiger partial charge in [0.05, 0.1) is 39.7 Å². The number of amides is 1. The predicted molar refractivity (Wildman–Crippen MR) is 98.8 cm³/mol. The molecule has 2 rings (SSSR count). The second kappa shape index (κ2) is 8.75. The smallest absolute Gasteiger partial charge is 0.275 e. The second-order valence-corrected chi connectivity index (χ2v) is 5.27. The third-order valence-corrected chi connectivity index (χ3v) is 3.78. The van der Waals surface area contributed by atoms with Gasteiger partial charge in [-0.15, -0.1) is 0 Å². The van der Waals surface area contributed by atoms with Crippen LogP contribution < -0.4 is 24.4 Å². The molecule has 0 radical (unpaired) electrons. The van der Waals surface area contributed by atoms with E-state index in [0.717, 1.165) is 5.56 Å². The molecule has 26 heavy (non-hydrogen) atoms. The molecule has 0 aliphatic rings. The summed E-state index contributed by atoms with van der Waals surface area (Å²) in [6.07, 6.45) is 0. The summed E-state index contributed by atoms with van der Waals surface area (Å²) in [5.41, 5.74) is 4.22. The van der Waals surface area contributed by atoms with Gasteiger partial charge in [-0.25, -0.2) is 5.43 Å². The number of ether oxygens (including phenoxy) is 4. The molecule has 2 aromatic rings. The fourth-order valence-electron chi connectivity index (χ4n) is 2.34. The first-order valence-corrected chi connectivity index (χ1v) is 7.83. The van der Waals surface area contributed by atoms with Crippen LogP contribution in [0.5, 0.6) is 23.0 Å². The first-order chi connectivity index (χ1) is 12.5. The summed E-state index contributed by atoms with van der Waals surface area (Å²) in [6.45, 7) is 1.77. The van der Waals surface area contributed by atoms with E-state index in [4.69, 9.17) is 18.9 Å². The van der Waals surface area contributed by atoms with Crippen molar-refractivity contribution in [2.24, 2.45) is 5.10 Å². The minimum absolute atomic E-state index is 0.353. The van der Waals surface area contributed by atoms with Gasteiger partial charge in [0.1, 0.15) is 23.0 Å². The number of nitrogens with one attached hydrogen (secondary N) is 1. The van der Waals surface area contributed by atoms with Crippen molar-refractivity contribution in [3.05, 3.63) is 47.5 Å². The molecule has 138 valence electrons. The summed E-state index contributed by atoms with van der Waals surface area (Å²) in [6, 6.07) is 10.3. The van der Waals surface area contributed by atoms with Crippen LogP contribution in [0.2, 0.25) is 0 Å². The molecule has 0 saturated carbocycles.